The molecular weight excluding hydrogens is 212 g/mol. The van der Waals surface area contributed by atoms with Gasteiger partial charge in [0.2, 0.25) is 5.91 Å². The summed E-state index contributed by atoms with van der Waals surface area (Å²) in [5.41, 5.74) is 3.48. The van der Waals surface area contributed by atoms with Crippen molar-refractivity contribution < 1.29 is 4.79 Å². The van der Waals surface area contributed by atoms with Crippen LogP contribution in [0.4, 0.5) is 0 Å². The number of hydrazone groups is 1. The van der Waals surface area contributed by atoms with Gasteiger partial charge in [0.15, 0.2) is 0 Å². The lowest BCUT2D eigenvalue weighted by Crippen LogP contribution is -2.19. The van der Waals surface area contributed by atoms with Crippen molar-refractivity contribution in [3.8, 4) is 0 Å². The molecule has 0 spiro atoms. The minimum Gasteiger partial charge on any atom is -0.273 e. The summed E-state index contributed by atoms with van der Waals surface area (Å²) in [4.78, 5) is 11.8. The number of hydrogen-bond acceptors (Lipinski definition) is 2. The first kappa shape index (κ1) is 10.5. The molecule has 17 heavy (non-hydrogen) atoms. The third-order valence-corrected chi connectivity index (χ3v) is 3.37. The molecule has 1 aromatic carbocycles. The summed E-state index contributed by atoms with van der Waals surface area (Å²) in [5, 5.41) is 6.07. The molecule has 88 valence electrons. The molecule has 0 atom stereocenters. The molecule has 1 aliphatic carbocycles. The Kier molecular flexibility index (Phi) is 2.46. The zero-order chi connectivity index (χ0) is 11.8. The van der Waals surface area contributed by atoms with E-state index in [0.29, 0.717) is 18.9 Å². The van der Waals surface area contributed by atoms with Crippen LogP contribution in [0.1, 0.15) is 30.4 Å². The minimum atomic E-state index is 0.146. The normalized spacial score (nSPS) is 19.7. The number of carbonyl (C=O) groups is 1. The fourth-order valence-electron chi connectivity index (χ4n) is 2.12. The molecule has 2 aliphatic rings. The van der Waals surface area contributed by atoms with Gasteiger partial charge in [-0.2, -0.15) is 5.10 Å². The predicted molar refractivity (Wildman–Crippen MR) is 66.5 cm³/mol. The van der Waals surface area contributed by atoms with Gasteiger partial charge < -0.3 is 0 Å². The number of nitrogens with zero attached hydrogens (tertiary/aromatic N) is 2. The van der Waals surface area contributed by atoms with Crippen LogP contribution in [0.25, 0.3) is 0 Å². The maximum Gasteiger partial charge on any atom is 0.248 e. The summed E-state index contributed by atoms with van der Waals surface area (Å²) >= 11 is 0. The first-order valence-corrected chi connectivity index (χ1v) is 6.15. The van der Waals surface area contributed by atoms with Crippen molar-refractivity contribution in [1.29, 1.82) is 0 Å². The second-order valence-corrected chi connectivity index (χ2v) is 4.98. The first-order valence-electron chi connectivity index (χ1n) is 6.15. The van der Waals surface area contributed by atoms with Gasteiger partial charge in [-0.15, -0.1) is 0 Å². The summed E-state index contributed by atoms with van der Waals surface area (Å²) in [6.07, 6.45) is 2.96. The standard InChI is InChI=1S/C14H16N2O/c1-10-2-4-11(5-3-10)9-16-14(17)8-13(15-16)12-6-7-12/h2-5,12H,6-9H2,1H3. The highest BCUT2D eigenvalue weighted by atomic mass is 16.2. The van der Waals surface area contributed by atoms with Crippen LogP contribution in [-0.4, -0.2) is 16.6 Å². The molecule has 3 rings (SSSR count). The molecule has 0 bridgehead atoms. The second-order valence-electron chi connectivity index (χ2n) is 4.98. The van der Waals surface area contributed by atoms with Crippen molar-refractivity contribution in [2.45, 2.75) is 32.7 Å². The fraction of sp³-hybridized carbons (Fsp3) is 0.429. The van der Waals surface area contributed by atoms with Gasteiger partial charge in [-0.3, -0.25) is 4.79 Å². The predicted octanol–water partition coefficient (Wildman–Crippen LogP) is 2.49. The van der Waals surface area contributed by atoms with E-state index in [0.717, 1.165) is 11.3 Å². The minimum absolute atomic E-state index is 0.146. The molecule has 0 N–H and O–H groups in total. The highest BCUT2D eigenvalue weighted by molar-refractivity contribution is 6.06. The molecule has 1 amide bonds. The number of rotatable bonds is 3. The topological polar surface area (TPSA) is 32.7 Å². The number of aryl methyl sites for hydroxylation is 1. The van der Waals surface area contributed by atoms with Crippen LogP contribution in [0.2, 0.25) is 0 Å². The molecule has 1 aromatic rings. The number of hydrogen-bond donors (Lipinski definition) is 0. The van der Waals surface area contributed by atoms with Crippen LogP contribution >= 0.6 is 0 Å². The average Bonchev–Trinajstić information content (AvgIpc) is 3.09. The lowest BCUT2D eigenvalue weighted by atomic mass is 10.1. The Hall–Kier alpha value is -1.64. The first-order chi connectivity index (χ1) is 8.22. The molecule has 3 heteroatoms. The van der Waals surface area contributed by atoms with E-state index in [1.165, 1.54) is 18.4 Å². The Morgan fingerprint density at radius 1 is 1.29 bits per heavy atom. The smallest absolute Gasteiger partial charge is 0.248 e. The Labute approximate surface area is 101 Å². The van der Waals surface area contributed by atoms with E-state index in [2.05, 4.69) is 36.3 Å². The van der Waals surface area contributed by atoms with E-state index in [1.54, 1.807) is 5.01 Å². The quantitative estimate of drug-likeness (QED) is 0.782. The molecule has 1 fully saturated rings. The Morgan fingerprint density at radius 3 is 2.65 bits per heavy atom. The molecule has 1 heterocycles. The molecule has 0 aromatic heterocycles. The maximum absolute atomic E-state index is 11.8. The molecule has 1 aliphatic heterocycles. The van der Waals surface area contributed by atoms with Crippen LogP contribution in [0.5, 0.6) is 0 Å². The van der Waals surface area contributed by atoms with E-state index in [4.69, 9.17) is 0 Å². The summed E-state index contributed by atoms with van der Waals surface area (Å²) in [7, 11) is 0. The van der Waals surface area contributed by atoms with Crippen molar-refractivity contribution in [3.63, 3.8) is 0 Å². The lowest BCUT2D eigenvalue weighted by Gasteiger charge is -2.11. The van der Waals surface area contributed by atoms with Gasteiger partial charge in [-0.1, -0.05) is 29.8 Å². The van der Waals surface area contributed by atoms with Gasteiger partial charge in [-0.25, -0.2) is 5.01 Å². The van der Waals surface area contributed by atoms with Crippen molar-refractivity contribution >= 4 is 11.6 Å². The van der Waals surface area contributed by atoms with Crippen molar-refractivity contribution in [2.75, 3.05) is 0 Å². The Morgan fingerprint density at radius 2 is 2.00 bits per heavy atom. The molecule has 0 unspecified atom stereocenters. The van der Waals surface area contributed by atoms with Crippen LogP contribution < -0.4 is 0 Å². The van der Waals surface area contributed by atoms with Gasteiger partial charge in [-0.05, 0) is 31.2 Å². The van der Waals surface area contributed by atoms with Crippen LogP contribution in [0.3, 0.4) is 0 Å². The highest BCUT2D eigenvalue weighted by Crippen LogP contribution is 2.34. The van der Waals surface area contributed by atoms with E-state index >= 15 is 0 Å². The van der Waals surface area contributed by atoms with E-state index in [9.17, 15) is 4.79 Å². The van der Waals surface area contributed by atoms with Gasteiger partial charge in [0.25, 0.3) is 0 Å². The lowest BCUT2D eigenvalue weighted by molar-refractivity contribution is -0.129. The second kappa shape index (κ2) is 3.99. The van der Waals surface area contributed by atoms with E-state index in [1.807, 2.05) is 0 Å². The highest BCUT2D eigenvalue weighted by Gasteiger charge is 2.34. The molecular formula is C14H16N2O. The van der Waals surface area contributed by atoms with Gasteiger partial charge in [0.1, 0.15) is 0 Å². The van der Waals surface area contributed by atoms with E-state index in [-0.39, 0.29) is 5.91 Å². The van der Waals surface area contributed by atoms with Crippen molar-refractivity contribution in [1.82, 2.24) is 5.01 Å². The fourth-order valence-corrected chi connectivity index (χ4v) is 2.12. The van der Waals surface area contributed by atoms with Gasteiger partial charge in [0, 0.05) is 0 Å². The molecule has 0 saturated heterocycles. The largest absolute Gasteiger partial charge is 0.273 e. The maximum atomic E-state index is 11.8. The van der Waals surface area contributed by atoms with Crippen LogP contribution in [-0.2, 0) is 11.3 Å². The third kappa shape index (κ3) is 2.23. The summed E-state index contributed by atoms with van der Waals surface area (Å²) in [6.45, 7) is 2.67. The molecule has 1 saturated carbocycles. The zero-order valence-electron chi connectivity index (χ0n) is 10.0. The number of amides is 1. The Bertz CT molecular complexity index is 472. The summed E-state index contributed by atoms with van der Waals surface area (Å²) in [5.74, 6) is 0.745. The van der Waals surface area contributed by atoms with Crippen LogP contribution in [0.15, 0.2) is 29.4 Å². The molecule has 0 radical (unpaired) electrons. The third-order valence-electron chi connectivity index (χ3n) is 3.37. The number of benzene rings is 1. The van der Waals surface area contributed by atoms with Crippen molar-refractivity contribution in [3.05, 3.63) is 35.4 Å². The van der Waals surface area contributed by atoms with Gasteiger partial charge in [0.05, 0.1) is 18.7 Å². The summed E-state index contributed by atoms with van der Waals surface area (Å²) < 4.78 is 0. The van der Waals surface area contributed by atoms with E-state index < -0.39 is 0 Å². The Balaban J connectivity index is 1.72. The SMILES string of the molecule is Cc1ccc(CN2N=C(C3CC3)CC2=O)cc1. The number of carbonyl (C=O) groups excluding carboxylic acids is 1. The zero-order valence-corrected chi connectivity index (χ0v) is 10.0. The van der Waals surface area contributed by atoms with Crippen LogP contribution in [0, 0.1) is 12.8 Å². The average molecular weight is 228 g/mol. The monoisotopic (exact) mass is 228 g/mol. The van der Waals surface area contributed by atoms with Crippen molar-refractivity contribution in [2.24, 2.45) is 11.0 Å². The summed E-state index contributed by atoms with van der Waals surface area (Å²) in [6, 6.07) is 8.27. The molecule has 3 nitrogen and oxygen atoms in total. The van der Waals surface area contributed by atoms with Gasteiger partial charge >= 0.3 is 0 Å².